The van der Waals surface area contributed by atoms with Gasteiger partial charge in [-0.05, 0) is 24.1 Å². The fourth-order valence-corrected chi connectivity index (χ4v) is 3.38. The molecule has 0 fully saturated rings. The second kappa shape index (κ2) is 4.82. The van der Waals surface area contributed by atoms with Gasteiger partial charge in [0.2, 0.25) is 0 Å². The van der Waals surface area contributed by atoms with Gasteiger partial charge in [0.05, 0.1) is 0 Å². The third-order valence-electron chi connectivity index (χ3n) is 4.33. The van der Waals surface area contributed by atoms with Gasteiger partial charge in [-0.25, -0.2) is 0 Å². The Morgan fingerprint density at radius 3 is 2.10 bits per heavy atom. The van der Waals surface area contributed by atoms with Crippen LogP contribution in [0.5, 0.6) is 0 Å². The summed E-state index contributed by atoms with van der Waals surface area (Å²) >= 11 is 0. The van der Waals surface area contributed by atoms with E-state index in [9.17, 15) is 0 Å². The summed E-state index contributed by atoms with van der Waals surface area (Å²) in [7, 11) is 2.19. The van der Waals surface area contributed by atoms with Crippen LogP contribution in [0.4, 0.5) is 5.69 Å². The third kappa shape index (κ3) is 1.87. The molecule has 0 saturated carbocycles. The fraction of sp³-hybridized carbons (Fsp3) is 0.0526. The summed E-state index contributed by atoms with van der Waals surface area (Å²) in [6.07, 6.45) is 0. The van der Waals surface area contributed by atoms with Crippen molar-refractivity contribution in [3.63, 3.8) is 0 Å². The molecule has 0 N–H and O–H groups in total. The first-order chi connectivity index (χ1) is 10.4. The van der Waals surface area contributed by atoms with Gasteiger partial charge in [-0.2, -0.15) is 0 Å². The molecule has 3 aromatic rings. The molecule has 100 valence electrons. The van der Waals surface area contributed by atoms with Crippen LogP contribution in [0.25, 0.3) is 11.1 Å². The number of benzene rings is 3. The predicted molar refractivity (Wildman–Crippen MR) is 91.7 cm³/mol. The Kier molecular flexibility index (Phi) is 2.82. The molecule has 0 amide bonds. The summed E-state index contributed by atoms with van der Waals surface area (Å²) < 4.78 is 0. The first-order valence-electron chi connectivity index (χ1n) is 7.32. The fourth-order valence-electron chi connectivity index (χ4n) is 3.38. The minimum absolute atomic E-state index is 0.275. The average molecular weight is 269 g/mol. The van der Waals surface area contributed by atoms with E-state index in [0.717, 1.165) is 0 Å². The summed E-state index contributed by atoms with van der Waals surface area (Å²) in [5, 5.41) is 0. The van der Waals surface area contributed by atoms with E-state index >= 15 is 0 Å². The Bertz CT molecular complexity index is 782. The molecule has 1 aliphatic heterocycles. The molecule has 0 atom stereocenters. The molecule has 3 aromatic carbocycles. The van der Waals surface area contributed by atoms with Crippen LogP contribution in [-0.2, 0) is 0 Å². The van der Waals surface area contributed by atoms with Crippen molar-refractivity contribution in [2.75, 3.05) is 11.9 Å². The Morgan fingerprint density at radius 1 is 0.667 bits per heavy atom. The van der Waals surface area contributed by atoms with Gasteiger partial charge < -0.3 is 4.81 Å². The van der Waals surface area contributed by atoms with Crippen molar-refractivity contribution in [3.05, 3.63) is 78.9 Å². The number of para-hydroxylation sites is 1. The molecule has 0 radical (unpaired) electrons. The van der Waals surface area contributed by atoms with Gasteiger partial charge in [0.15, 0.2) is 0 Å². The number of hydrogen-bond acceptors (Lipinski definition) is 1. The van der Waals surface area contributed by atoms with Gasteiger partial charge in [0, 0.05) is 11.3 Å². The van der Waals surface area contributed by atoms with Crippen molar-refractivity contribution >= 4 is 23.5 Å². The van der Waals surface area contributed by atoms with E-state index in [1.807, 2.05) is 0 Å². The lowest BCUT2D eigenvalue weighted by Gasteiger charge is -2.35. The molecule has 0 aliphatic carbocycles. The predicted octanol–water partition coefficient (Wildman–Crippen LogP) is 2.91. The zero-order valence-corrected chi connectivity index (χ0v) is 12.0. The number of anilines is 1. The molecule has 0 spiro atoms. The second-order valence-electron chi connectivity index (χ2n) is 5.53. The average Bonchev–Trinajstić information content (AvgIpc) is 2.56. The molecular weight excluding hydrogens is 253 g/mol. The van der Waals surface area contributed by atoms with Gasteiger partial charge in [0.25, 0.3) is 0 Å². The van der Waals surface area contributed by atoms with Gasteiger partial charge >= 0.3 is 6.85 Å². The zero-order chi connectivity index (χ0) is 14.2. The Labute approximate surface area is 126 Å². The second-order valence-corrected chi connectivity index (χ2v) is 5.53. The standard InChI is InChI=1S/C19H16BN/c1-21-19-14-8-6-12-17(19)16-11-5-7-13-18(16)20(21)15-9-3-2-4-10-15/h2-14H,1H3. The summed E-state index contributed by atoms with van der Waals surface area (Å²) in [6, 6.07) is 28.1. The normalized spacial score (nSPS) is 12.8. The summed E-state index contributed by atoms with van der Waals surface area (Å²) in [5.74, 6) is 0. The summed E-state index contributed by atoms with van der Waals surface area (Å²) in [4.78, 5) is 2.38. The van der Waals surface area contributed by atoms with E-state index in [1.165, 1.54) is 27.7 Å². The van der Waals surface area contributed by atoms with E-state index in [1.54, 1.807) is 0 Å². The van der Waals surface area contributed by atoms with E-state index < -0.39 is 0 Å². The summed E-state index contributed by atoms with van der Waals surface area (Å²) in [5.41, 5.74) is 6.68. The van der Waals surface area contributed by atoms with Crippen LogP contribution in [-0.4, -0.2) is 13.9 Å². The first kappa shape index (κ1) is 12.3. The van der Waals surface area contributed by atoms with Crippen LogP contribution in [0.3, 0.4) is 0 Å². The molecule has 4 rings (SSSR count). The van der Waals surface area contributed by atoms with E-state index in [2.05, 4.69) is 90.7 Å². The molecule has 2 heteroatoms. The highest BCUT2D eigenvalue weighted by Gasteiger charge is 2.33. The lowest BCUT2D eigenvalue weighted by Crippen LogP contribution is -2.57. The quantitative estimate of drug-likeness (QED) is 0.614. The number of hydrogen-bond donors (Lipinski definition) is 0. The van der Waals surface area contributed by atoms with Gasteiger partial charge in [-0.15, -0.1) is 0 Å². The topological polar surface area (TPSA) is 3.24 Å². The van der Waals surface area contributed by atoms with Crippen molar-refractivity contribution < 1.29 is 0 Å². The number of fused-ring (bicyclic) bond motifs is 3. The van der Waals surface area contributed by atoms with Crippen LogP contribution < -0.4 is 15.7 Å². The Morgan fingerprint density at radius 2 is 1.29 bits per heavy atom. The maximum absolute atomic E-state index is 2.38. The highest BCUT2D eigenvalue weighted by molar-refractivity contribution is 6.89. The van der Waals surface area contributed by atoms with E-state index in [0.29, 0.717) is 0 Å². The minimum atomic E-state index is 0.275. The SMILES string of the molecule is CN1B(c2ccccc2)c2ccccc2-c2ccccc21. The molecule has 1 heterocycles. The zero-order valence-electron chi connectivity index (χ0n) is 12.0. The maximum atomic E-state index is 2.38. The van der Waals surface area contributed by atoms with Gasteiger partial charge in [-0.1, -0.05) is 78.3 Å². The lowest BCUT2D eigenvalue weighted by molar-refractivity contribution is 1.30. The molecular formula is C19H16BN. The molecule has 0 unspecified atom stereocenters. The van der Waals surface area contributed by atoms with Gasteiger partial charge in [-0.3, -0.25) is 0 Å². The van der Waals surface area contributed by atoms with Crippen LogP contribution in [0, 0.1) is 0 Å². The van der Waals surface area contributed by atoms with Crippen LogP contribution >= 0.6 is 0 Å². The van der Waals surface area contributed by atoms with Crippen molar-refractivity contribution in [2.24, 2.45) is 0 Å². The Balaban J connectivity index is 1.99. The van der Waals surface area contributed by atoms with Gasteiger partial charge in [0.1, 0.15) is 0 Å². The molecule has 1 aliphatic rings. The smallest absolute Gasteiger partial charge is 0.323 e. The van der Waals surface area contributed by atoms with Crippen LogP contribution in [0.2, 0.25) is 0 Å². The molecule has 0 bridgehead atoms. The minimum Gasteiger partial charge on any atom is -0.409 e. The molecule has 21 heavy (non-hydrogen) atoms. The highest BCUT2D eigenvalue weighted by atomic mass is 15.0. The van der Waals surface area contributed by atoms with Crippen molar-refractivity contribution in [1.82, 2.24) is 0 Å². The van der Waals surface area contributed by atoms with Crippen molar-refractivity contribution in [1.29, 1.82) is 0 Å². The first-order valence-corrected chi connectivity index (χ1v) is 7.32. The largest absolute Gasteiger partial charge is 0.409 e. The van der Waals surface area contributed by atoms with E-state index in [-0.39, 0.29) is 6.85 Å². The van der Waals surface area contributed by atoms with Crippen molar-refractivity contribution in [2.45, 2.75) is 0 Å². The molecule has 1 nitrogen and oxygen atoms in total. The monoisotopic (exact) mass is 269 g/mol. The van der Waals surface area contributed by atoms with Crippen LogP contribution in [0.1, 0.15) is 0 Å². The number of nitrogens with zero attached hydrogens (tertiary/aromatic N) is 1. The number of rotatable bonds is 1. The third-order valence-corrected chi connectivity index (χ3v) is 4.33. The molecule has 0 aromatic heterocycles. The Hall–Kier alpha value is -2.48. The lowest BCUT2D eigenvalue weighted by atomic mass is 9.46. The van der Waals surface area contributed by atoms with Crippen LogP contribution in [0.15, 0.2) is 78.9 Å². The summed E-state index contributed by atoms with van der Waals surface area (Å²) in [6.45, 7) is 0.275. The van der Waals surface area contributed by atoms with E-state index in [4.69, 9.17) is 0 Å². The van der Waals surface area contributed by atoms with Crippen molar-refractivity contribution in [3.8, 4) is 11.1 Å². The highest BCUT2D eigenvalue weighted by Crippen LogP contribution is 2.33. The molecule has 0 saturated heterocycles. The maximum Gasteiger partial charge on any atom is 0.323 e.